The maximum atomic E-state index is 13.4. The molecule has 4 atom stereocenters. The molecular formula is C24H36ClFN2O2. The van der Waals surface area contributed by atoms with Gasteiger partial charge in [0.2, 0.25) is 5.91 Å². The molecule has 6 heteroatoms. The van der Waals surface area contributed by atoms with Crippen LogP contribution >= 0.6 is 11.6 Å². The van der Waals surface area contributed by atoms with Crippen molar-refractivity contribution in [3.05, 3.63) is 34.6 Å². The van der Waals surface area contributed by atoms with Gasteiger partial charge in [0.25, 0.3) is 0 Å². The number of nitrogens with two attached hydrogens (primary N) is 1. The molecule has 1 amide bonds. The highest BCUT2D eigenvalue weighted by molar-refractivity contribution is 6.31. The van der Waals surface area contributed by atoms with Gasteiger partial charge in [0, 0.05) is 22.4 Å². The van der Waals surface area contributed by atoms with Crippen molar-refractivity contribution in [1.29, 1.82) is 0 Å². The van der Waals surface area contributed by atoms with Gasteiger partial charge in [0.05, 0.1) is 6.04 Å². The Hall–Kier alpha value is -1.46. The third-order valence-electron chi connectivity index (χ3n) is 6.38. The first-order valence-electron chi connectivity index (χ1n) is 10.8. The fraction of sp³-hybridized carbons (Fsp3) is 0.667. The van der Waals surface area contributed by atoms with Crippen molar-refractivity contribution in [3.8, 4) is 0 Å². The van der Waals surface area contributed by atoms with Crippen LogP contribution in [0.15, 0.2) is 18.2 Å². The molecule has 1 aliphatic rings. The highest BCUT2D eigenvalue weighted by Crippen LogP contribution is 2.44. The zero-order valence-electron chi connectivity index (χ0n) is 18.8. The first kappa shape index (κ1) is 24.8. The molecule has 0 heterocycles. The minimum Gasteiger partial charge on any atom is -0.354 e. The van der Waals surface area contributed by atoms with E-state index in [1.165, 1.54) is 12.1 Å². The van der Waals surface area contributed by atoms with Gasteiger partial charge in [-0.3, -0.25) is 4.79 Å². The predicted molar refractivity (Wildman–Crippen MR) is 120 cm³/mol. The van der Waals surface area contributed by atoms with Crippen molar-refractivity contribution in [2.24, 2.45) is 28.9 Å². The smallest absolute Gasteiger partial charge is 0.237 e. The van der Waals surface area contributed by atoms with Crippen molar-refractivity contribution in [2.75, 3.05) is 6.54 Å². The molecule has 1 aromatic rings. The van der Waals surface area contributed by atoms with Crippen molar-refractivity contribution in [1.82, 2.24) is 5.32 Å². The fourth-order valence-electron chi connectivity index (χ4n) is 4.93. The Morgan fingerprint density at radius 2 is 2.07 bits per heavy atom. The van der Waals surface area contributed by atoms with Crippen molar-refractivity contribution >= 4 is 23.8 Å². The van der Waals surface area contributed by atoms with Gasteiger partial charge in [-0.15, -0.1) is 0 Å². The van der Waals surface area contributed by atoms with E-state index >= 15 is 0 Å². The monoisotopic (exact) mass is 438 g/mol. The molecule has 0 bridgehead atoms. The Labute approximate surface area is 185 Å². The summed E-state index contributed by atoms with van der Waals surface area (Å²) >= 11 is 6.21. The van der Waals surface area contributed by atoms with E-state index in [0.717, 1.165) is 31.1 Å². The van der Waals surface area contributed by atoms with Gasteiger partial charge >= 0.3 is 0 Å². The van der Waals surface area contributed by atoms with E-state index in [2.05, 4.69) is 19.2 Å². The predicted octanol–water partition coefficient (Wildman–Crippen LogP) is 4.87. The third kappa shape index (κ3) is 6.27. The number of hydrogen-bond acceptors (Lipinski definition) is 3. The topological polar surface area (TPSA) is 72.2 Å². The second kappa shape index (κ2) is 9.78. The van der Waals surface area contributed by atoms with Crippen LogP contribution in [0.4, 0.5) is 4.39 Å². The standard InChI is InChI=1S/C24H36ClFN2O2/c1-15(2)8-16-9-17(12-24(5,11-16)14-29)21(27)22(30)28-13-23(3,4)19-7-6-18(26)10-20(19)25/h6-7,10,14-17,21H,8-9,11-13,27H2,1-5H3,(H,28,30). The maximum absolute atomic E-state index is 13.4. The zero-order valence-corrected chi connectivity index (χ0v) is 19.6. The normalized spacial score (nSPS) is 25.8. The largest absolute Gasteiger partial charge is 0.354 e. The second-order valence-electron chi connectivity index (χ2n) is 10.4. The number of hydrogen-bond donors (Lipinski definition) is 2. The van der Waals surface area contributed by atoms with E-state index in [1.54, 1.807) is 6.07 Å². The highest BCUT2D eigenvalue weighted by atomic mass is 35.5. The molecule has 4 unspecified atom stereocenters. The lowest BCUT2D eigenvalue weighted by Crippen LogP contribution is -2.51. The van der Waals surface area contributed by atoms with Crippen molar-refractivity contribution in [2.45, 2.75) is 71.8 Å². The van der Waals surface area contributed by atoms with Crippen LogP contribution in [0.1, 0.15) is 65.9 Å². The third-order valence-corrected chi connectivity index (χ3v) is 6.70. The van der Waals surface area contributed by atoms with Gasteiger partial charge < -0.3 is 15.8 Å². The molecule has 2 rings (SSSR count). The molecule has 4 nitrogen and oxygen atoms in total. The lowest BCUT2D eigenvalue weighted by Gasteiger charge is -2.41. The minimum absolute atomic E-state index is 0.0322. The molecule has 0 spiro atoms. The van der Waals surface area contributed by atoms with Gasteiger partial charge in [-0.25, -0.2) is 4.39 Å². The molecule has 0 saturated heterocycles. The maximum Gasteiger partial charge on any atom is 0.237 e. The molecule has 0 aliphatic heterocycles. The van der Waals surface area contributed by atoms with Gasteiger partial charge in [0.15, 0.2) is 0 Å². The van der Waals surface area contributed by atoms with E-state index < -0.39 is 22.7 Å². The van der Waals surface area contributed by atoms with Crippen LogP contribution in [0, 0.1) is 29.0 Å². The molecule has 30 heavy (non-hydrogen) atoms. The average molecular weight is 439 g/mol. The number of carbonyl (C=O) groups excluding carboxylic acids is 2. The quantitative estimate of drug-likeness (QED) is 0.569. The van der Waals surface area contributed by atoms with Crippen LogP contribution in [0.5, 0.6) is 0 Å². The summed E-state index contributed by atoms with van der Waals surface area (Å²) in [5.74, 6) is 0.292. The Morgan fingerprint density at radius 1 is 1.40 bits per heavy atom. The van der Waals surface area contributed by atoms with Crippen molar-refractivity contribution < 1.29 is 14.0 Å². The average Bonchev–Trinajstić information content (AvgIpc) is 2.64. The van der Waals surface area contributed by atoms with Crippen molar-refractivity contribution in [3.63, 3.8) is 0 Å². The summed E-state index contributed by atoms with van der Waals surface area (Å²) in [5, 5.41) is 3.29. The second-order valence-corrected chi connectivity index (χ2v) is 10.8. The van der Waals surface area contributed by atoms with Crippen LogP contribution < -0.4 is 11.1 Å². The lowest BCUT2D eigenvalue weighted by atomic mass is 9.64. The summed E-state index contributed by atoms with van der Waals surface area (Å²) in [4.78, 5) is 24.6. The molecule has 1 fully saturated rings. The van der Waals surface area contributed by atoms with Crippen LogP contribution in [0.25, 0.3) is 0 Å². The fourth-order valence-corrected chi connectivity index (χ4v) is 5.35. The Bertz CT molecular complexity index is 768. The highest BCUT2D eigenvalue weighted by Gasteiger charge is 2.41. The lowest BCUT2D eigenvalue weighted by molar-refractivity contribution is -0.127. The summed E-state index contributed by atoms with van der Waals surface area (Å²) in [5.41, 5.74) is 6.23. The van der Waals surface area contributed by atoms with E-state index in [0.29, 0.717) is 29.8 Å². The van der Waals surface area contributed by atoms with Crippen LogP contribution in [-0.2, 0) is 15.0 Å². The Morgan fingerprint density at radius 3 is 2.63 bits per heavy atom. The number of benzene rings is 1. The number of halogens is 2. The molecule has 1 aliphatic carbocycles. The molecule has 0 radical (unpaired) electrons. The van der Waals surface area contributed by atoms with Crippen LogP contribution in [0.2, 0.25) is 5.02 Å². The van der Waals surface area contributed by atoms with Crippen LogP contribution in [-0.4, -0.2) is 24.8 Å². The Kier molecular flexibility index (Phi) is 8.09. The van der Waals surface area contributed by atoms with E-state index in [4.69, 9.17) is 17.3 Å². The number of carbonyl (C=O) groups is 2. The molecule has 3 N–H and O–H groups in total. The summed E-state index contributed by atoms with van der Waals surface area (Å²) in [6.45, 7) is 10.6. The van der Waals surface area contributed by atoms with Gasteiger partial charge in [-0.05, 0) is 61.1 Å². The van der Waals surface area contributed by atoms with Crippen LogP contribution in [0.3, 0.4) is 0 Å². The summed E-state index contributed by atoms with van der Waals surface area (Å²) in [7, 11) is 0. The van der Waals surface area contributed by atoms with Gasteiger partial charge in [0.1, 0.15) is 12.1 Å². The molecule has 0 aromatic heterocycles. The molecule has 1 aromatic carbocycles. The number of rotatable bonds is 8. The van der Waals surface area contributed by atoms with E-state index in [-0.39, 0.29) is 11.8 Å². The molecular weight excluding hydrogens is 403 g/mol. The zero-order chi connectivity index (χ0) is 22.7. The SMILES string of the molecule is CC(C)CC1CC(C(N)C(=O)NCC(C)(C)c2ccc(F)cc2Cl)CC(C)(C=O)C1. The van der Waals surface area contributed by atoms with Gasteiger partial charge in [-0.2, -0.15) is 0 Å². The van der Waals surface area contributed by atoms with Gasteiger partial charge in [-0.1, -0.05) is 52.3 Å². The minimum atomic E-state index is -0.668. The number of aldehydes is 1. The summed E-state index contributed by atoms with van der Waals surface area (Å²) in [6, 6.07) is 3.63. The number of nitrogens with one attached hydrogen (secondary N) is 1. The molecule has 168 valence electrons. The summed E-state index contributed by atoms with van der Waals surface area (Å²) in [6.07, 6.45) is 4.42. The van der Waals surface area contributed by atoms with E-state index in [9.17, 15) is 14.0 Å². The van der Waals surface area contributed by atoms with E-state index in [1.807, 2.05) is 20.8 Å². The first-order chi connectivity index (χ1) is 13.9. The Balaban J connectivity index is 2.05. The molecule has 1 saturated carbocycles. The first-order valence-corrected chi connectivity index (χ1v) is 11.2. The number of amides is 1. The summed E-state index contributed by atoms with van der Waals surface area (Å²) < 4.78 is 13.4.